The maximum atomic E-state index is 12.3. The highest BCUT2D eigenvalue weighted by atomic mass is 35.5. The summed E-state index contributed by atoms with van der Waals surface area (Å²) in [5.74, 6) is 0. The molecule has 0 bridgehead atoms. The highest BCUT2D eigenvalue weighted by Gasteiger charge is 2.41. The zero-order valence-electron chi connectivity index (χ0n) is 10.9. The van der Waals surface area contributed by atoms with E-state index in [2.05, 4.69) is 14.7 Å². The zero-order chi connectivity index (χ0) is 15.4. The first-order chi connectivity index (χ1) is 9.70. The molecule has 2 N–H and O–H groups in total. The van der Waals surface area contributed by atoms with Crippen LogP contribution in [0.3, 0.4) is 0 Å². The van der Waals surface area contributed by atoms with E-state index in [4.69, 9.17) is 23.2 Å². The molecule has 6 nitrogen and oxygen atoms in total. The van der Waals surface area contributed by atoms with Crippen molar-refractivity contribution in [2.24, 2.45) is 0 Å². The fourth-order valence-corrected chi connectivity index (χ4v) is 3.99. The quantitative estimate of drug-likeness (QED) is 0.831. The SMILES string of the molecule is CC1(NS(=O)(=O)c2cc(Cl)c3nc(Cl)[nH]c(=O)c3c2)CC1. The number of rotatable bonds is 3. The number of aromatic amines is 1. The van der Waals surface area contributed by atoms with E-state index in [1.54, 1.807) is 0 Å². The molecule has 0 spiro atoms. The van der Waals surface area contributed by atoms with Crippen LogP contribution < -0.4 is 10.3 Å². The van der Waals surface area contributed by atoms with Crippen molar-refractivity contribution in [3.63, 3.8) is 0 Å². The Hall–Kier alpha value is -1.15. The Morgan fingerprint density at radius 3 is 2.62 bits per heavy atom. The molecule has 0 atom stereocenters. The lowest BCUT2D eigenvalue weighted by atomic mass is 10.2. The summed E-state index contributed by atoms with van der Waals surface area (Å²) >= 11 is 11.7. The third kappa shape index (κ3) is 2.78. The first-order valence-electron chi connectivity index (χ1n) is 6.13. The Balaban J connectivity index is 2.19. The minimum absolute atomic E-state index is 0.0572. The predicted octanol–water partition coefficient (Wildman–Crippen LogP) is 2.06. The number of hydrogen-bond acceptors (Lipinski definition) is 4. The van der Waals surface area contributed by atoms with Crippen LogP contribution in [0.2, 0.25) is 10.3 Å². The minimum atomic E-state index is -3.74. The maximum Gasteiger partial charge on any atom is 0.259 e. The third-order valence-corrected chi connectivity index (χ3v) is 5.48. The van der Waals surface area contributed by atoms with Crippen molar-refractivity contribution in [1.29, 1.82) is 0 Å². The molecule has 0 aliphatic heterocycles. The van der Waals surface area contributed by atoms with Crippen LogP contribution in [0.4, 0.5) is 0 Å². The van der Waals surface area contributed by atoms with Crippen molar-refractivity contribution < 1.29 is 8.42 Å². The van der Waals surface area contributed by atoms with Crippen molar-refractivity contribution in [3.8, 4) is 0 Å². The summed E-state index contributed by atoms with van der Waals surface area (Å²) in [5.41, 5.74) is -0.783. The van der Waals surface area contributed by atoms with Gasteiger partial charge in [-0.05, 0) is 43.5 Å². The highest BCUT2D eigenvalue weighted by molar-refractivity contribution is 7.89. The van der Waals surface area contributed by atoms with E-state index in [1.165, 1.54) is 12.1 Å². The summed E-state index contributed by atoms with van der Waals surface area (Å²) in [6.07, 6.45) is 1.57. The Morgan fingerprint density at radius 1 is 1.33 bits per heavy atom. The Bertz CT molecular complexity index is 904. The van der Waals surface area contributed by atoms with Crippen LogP contribution in [-0.2, 0) is 10.0 Å². The molecule has 1 aromatic heterocycles. The van der Waals surface area contributed by atoms with Crippen LogP contribution in [0.5, 0.6) is 0 Å². The van der Waals surface area contributed by atoms with Crippen molar-refractivity contribution in [1.82, 2.24) is 14.7 Å². The van der Waals surface area contributed by atoms with E-state index in [0.29, 0.717) is 0 Å². The van der Waals surface area contributed by atoms with Crippen LogP contribution in [-0.4, -0.2) is 23.9 Å². The maximum absolute atomic E-state index is 12.3. The summed E-state index contributed by atoms with van der Waals surface area (Å²) in [4.78, 5) is 18.0. The number of halogens is 2. The van der Waals surface area contributed by atoms with Gasteiger partial charge in [0.05, 0.1) is 20.8 Å². The lowest BCUT2D eigenvalue weighted by Crippen LogP contribution is -2.34. The predicted molar refractivity (Wildman–Crippen MR) is 80.3 cm³/mol. The molecule has 0 saturated heterocycles. The molecule has 1 saturated carbocycles. The van der Waals surface area contributed by atoms with Crippen LogP contribution in [0.1, 0.15) is 19.8 Å². The van der Waals surface area contributed by atoms with Gasteiger partial charge in [0.2, 0.25) is 15.3 Å². The molecule has 1 heterocycles. The van der Waals surface area contributed by atoms with Gasteiger partial charge in [-0.15, -0.1) is 0 Å². The number of H-pyrrole nitrogens is 1. The standard InChI is InChI=1S/C12H11Cl2N3O3S/c1-12(2-3-12)17-21(19,20)6-4-7-9(8(13)5-6)15-11(14)16-10(7)18/h4-5,17H,2-3H2,1H3,(H,15,16,18). The third-order valence-electron chi connectivity index (χ3n) is 3.40. The summed E-state index contributed by atoms with van der Waals surface area (Å²) < 4.78 is 27.3. The van der Waals surface area contributed by atoms with Crippen molar-refractivity contribution >= 4 is 44.1 Å². The zero-order valence-corrected chi connectivity index (χ0v) is 13.2. The topological polar surface area (TPSA) is 91.9 Å². The summed E-state index contributed by atoms with van der Waals surface area (Å²) in [6.45, 7) is 1.82. The first-order valence-corrected chi connectivity index (χ1v) is 8.37. The van der Waals surface area contributed by atoms with Gasteiger partial charge >= 0.3 is 0 Å². The van der Waals surface area contributed by atoms with E-state index in [0.717, 1.165) is 12.8 Å². The number of benzene rings is 1. The second-order valence-electron chi connectivity index (χ2n) is 5.32. The summed E-state index contributed by atoms with van der Waals surface area (Å²) in [6, 6.07) is 2.51. The normalized spacial score (nSPS) is 17.1. The molecule has 1 aliphatic rings. The summed E-state index contributed by atoms with van der Waals surface area (Å²) in [5, 5.41) is 0.0312. The highest BCUT2D eigenvalue weighted by Crippen LogP contribution is 2.36. The van der Waals surface area contributed by atoms with Crippen molar-refractivity contribution in [2.45, 2.75) is 30.2 Å². The van der Waals surface area contributed by atoms with Crippen LogP contribution >= 0.6 is 23.2 Å². The number of aromatic nitrogens is 2. The van der Waals surface area contributed by atoms with E-state index < -0.39 is 21.1 Å². The summed E-state index contributed by atoms with van der Waals surface area (Å²) in [7, 11) is -3.74. The molecule has 0 unspecified atom stereocenters. The molecular weight excluding hydrogens is 337 g/mol. The number of hydrogen-bond donors (Lipinski definition) is 2. The van der Waals surface area contributed by atoms with Crippen LogP contribution in [0, 0.1) is 0 Å². The van der Waals surface area contributed by atoms with E-state index in [-0.39, 0.29) is 26.1 Å². The molecule has 21 heavy (non-hydrogen) atoms. The van der Waals surface area contributed by atoms with Gasteiger partial charge in [-0.25, -0.2) is 18.1 Å². The van der Waals surface area contributed by atoms with Gasteiger partial charge in [0, 0.05) is 5.54 Å². The molecule has 1 aromatic carbocycles. The average Bonchev–Trinajstić information content (AvgIpc) is 3.06. The fourth-order valence-electron chi connectivity index (χ4n) is 1.98. The second-order valence-corrected chi connectivity index (χ2v) is 7.77. The van der Waals surface area contributed by atoms with Gasteiger partial charge in [-0.1, -0.05) is 11.6 Å². The van der Waals surface area contributed by atoms with Gasteiger partial charge in [0.25, 0.3) is 5.56 Å². The largest absolute Gasteiger partial charge is 0.297 e. The minimum Gasteiger partial charge on any atom is -0.297 e. The van der Waals surface area contributed by atoms with E-state index in [1.807, 2.05) is 6.92 Å². The monoisotopic (exact) mass is 347 g/mol. The smallest absolute Gasteiger partial charge is 0.259 e. The molecule has 0 amide bonds. The molecule has 3 rings (SSSR count). The van der Waals surface area contributed by atoms with Crippen molar-refractivity contribution in [2.75, 3.05) is 0 Å². The van der Waals surface area contributed by atoms with Gasteiger partial charge in [-0.3, -0.25) is 9.78 Å². The number of fused-ring (bicyclic) bond motifs is 1. The average molecular weight is 348 g/mol. The number of nitrogens with one attached hydrogen (secondary N) is 2. The molecule has 1 aliphatic carbocycles. The van der Waals surface area contributed by atoms with Gasteiger partial charge < -0.3 is 0 Å². The fraction of sp³-hybridized carbons (Fsp3) is 0.333. The van der Waals surface area contributed by atoms with E-state index in [9.17, 15) is 13.2 Å². The van der Waals surface area contributed by atoms with Gasteiger partial charge in [0.1, 0.15) is 0 Å². The molecule has 112 valence electrons. The number of sulfonamides is 1. The molecule has 1 fully saturated rings. The first kappa shape index (κ1) is 14.8. The Morgan fingerprint density at radius 2 is 2.00 bits per heavy atom. The Kier molecular flexibility index (Phi) is 3.29. The second kappa shape index (κ2) is 4.67. The molecule has 9 heteroatoms. The van der Waals surface area contributed by atoms with E-state index >= 15 is 0 Å². The van der Waals surface area contributed by atoms with Crippen molar-refractivity contribution in [3.05, 3.63) is 32.8 Å². The van der Waals surface area contributed by atoms with Crippen LogP contribution in [0.15, 0.2) is 21.8 Å². The van der Waals surface area contributed by atoms with Crippen LogP contribution in [0.25, 0.3) is 10.9 Å². The Labute approximate surface area is 130 Å². The molecular formula is C12H11Cl2N3O3S. The number of nitrogens with zero attached hydrogens (tertiary/aromatic N) is 1. The lowest BCUT2D eigenvalue weighted by Gasteiger charge is -2.13. The lowest BCUT2D eigenvalue weighted by molar-refractivity contribution is 0.558. The molecule has 2 aromatic rings. The van der Waals surface area contributed by atoms with Gasteiger partial charge in [0.15, 0.2) is 0 Å². The van der Waals surface area contributed by atoms with Gasteiger partial charge in [-0.2, -0.15) is 0 Å². The molecule has 0 radical (unpaired) electrons.